The monoisotopic (exact) mass is 144 g/mol. The smallest absolute Gasteiger partial charge is 0.0444 e. The summed E-state index contributed by atoms with van der Waals surface area (Å²) in [6, 6.07) is 0. The summed E-state index contributed by atoms with van der Waals surface area (Å²) in [6.45, 7) is 4.21. The minimum absolute atomic E-state index is 0.549. The summed E-state index contributed by atoms with van der Waals surface area (Å²) >= 11 is 0. The van der Waals surface area contributed by atoms with Crippen LogP contribution in [0.5, 0.6) is 0 Å². The molecule has 0 saturated carbocycles. The SMILES string of the molecule is CC1=C(C)CS(=O)CC1. The van der Waals surface area contributed by atoms with Crippen LogP contribution in [0.3, 0.4) is 0 Å². The third kappa shape index (κ3) is 1.65. The van der Waals surface area contributed by atoms with Crippen LogP contribution in [0.4, 0.5) is 0 Å². The molecule has 0 bridgehead atoms. The topological polar surface area (TPSA) is 17.1 Å². The van der Waals surface area contributed by atoms with E-state index in [-0.39, 0.29) is 0 Å². The van der Waals surface area contributed by atoms with Gasteiger partial charge in [0, 0.05) is 22.3 Å². The molecule has 0 aromatic rings. The predicted molar refractivity (Wildman–Crippen MR) is 40.9 cm³/mol. The van der Waals surface area contributed by atoms with Gasteiger partial charge in [0.1, 0.15) is 0 Å². The van der Waals surface area contributed by atoms with Crippen LogP contribution in [-0.2, 0) is 10.8 Å². The molecule has 0 fully saturated rings. The van der Waals surface area contributed by atoms with Crippen LogP contribution >= 0.6 is 0 Å². The van der Waals surface area contributed by atoms with Crippen molar-refractivity contribution in [1.29, 1.82) is 0 Å². The number of rotatable bonds is 0. The van der Waals surface area contributed by atoms with Gasteiger partial charge >= 0.3 is 0 Å². The molecule has 9 heavy (non-hydrogen) atoms. The molecule has 0 radical (unpaired) electrons. The summed E-state index contributed by atoms with van der Waals surface area (Å²) in [4.78, 5) is 0. The van der Waals surface area contributed by atoms with Crippen molar-refractivity contribution in [2.45, 2.75) is 20.3 Å². The van der Waals surface area contributed by atoms with Crippen molar-refractivity contribution in [2.24, 2.45) is 0 Å². The van der Waals surface area contributed by atoms with E-state index in [0.717, 1.165) is 17.9 Å². The first-order valence-corrected chi connectivity index (χ1v) is 4.69. The van der Waals surface area contributed by atoms with Crippen LogP contribution in [0, 0.1) is 0 Å². The quantitative estimate of drug-likeness (QED) is 0.471. The van der Waals surface area contributed by atoms with Crippen molar-refractivity contribution in [3.05, 3.63) is 11.1 Å². The Balaban J connectivity index is 2.72. The van der Waals surface area contributed by atoms with Crippen LogP contribution in [-0.4, -0.2) is 15.7 Å². The molecule has 0 amide bonds. The second-order valence-electron chi connectivity index (χ2n) is 2.60. The number of allylic oxidation sites excluding steroid dienone is 1. The molecule has 2 heteroatoms. The highest BCUT2D eigenvalue weighted by Gasteiger charge is 2.09. The van der Waals surface area contributed by atoms with E-state index < -0.39 is 10.8 Å². The van der Waals surface area contributed by atoms with E-state index in [4.69, 9.17) is 0 Å². The van der Waals surface area contributed by atoms with Gasteiger partial charge in [-0.2, -0.15) is 0 Å². The lowest BCUT2D eigenvalue weighted by Gasteiger charge is -2.12. The standard InChI is InChI=1S/C7H12OS/c1-6-3-4-9(8)5-7(6)2/h3-5H2,1-2H3. The average molecular weight is 144 g/mol. The first-order chi connectivity index (χ1) is 4.20. The van der Waals surface area contributed by atoms with Gasteiger partial charge in [0.15, 0.2) is 0 Å². The Morgan fingerprint density at radius 3 is 2.44 bits per heavy atom. The molecule has 0 aliphatic carbocycles. The molecule has 0 spiro atoms. The Labute approximate surface area is 58.6 Å². The average Bonchev–Trinajstić information content (AvgIpc) is 1.80. The van der Waals surface area contributed by atoms with Gasteiger partial charge in [-0.05, 0) is 20.3 Å². The third-order valence-electron chi connectivity index (χ3n) is 1.81. The van der Waals surface area contributed by atoms with Crippen molar-refractivity contribution in [3.8, 4) is 0 Å². The Bertz CT molecular complexity index is 170. The summed E-state index contributed by atoms with van der Waals surface area (Å²) in [7, 11) is -0.549. The summed E-state index contributed by atoms with van der Waals surface area (Å²) in [5, 5.41) is 0. The highest BCUT2D eigenvalue weighted by atomic mass is 32.2. The van der Waals surface area contributed by atoms with E-state index in [0.29, 0.717) is 0 Å². The second kappa shape index (κ2) is 2.65. The zero-order valence-corrected chi connectivity index (χ0v) is 6.75. The van der Waals surface area contributed by atoms with Crippen molar-refractivity contribution >= 4 is 10.8 Å². The summed E-state index contributed by atoms with van der Waals surface area (Å²) in [5.74, 6) is 1.69. The van der Waals surface area contributed by atoms with E-state index in [1.807, 2.05) is 0 Å². The molecular formula is C7H12OS. The van der Waals surface area contributed by atoms with Gasteiger partial charge in [-0.3, -0.25) is 4.21 Å². The van der Waals surface area contributed by atoms with Gasteiger partial charge in [-0.25, -0.2) is 0 Å². The highest BCUT2D eigenvalue weighted by molar-refractivity contribution is 7.85. The molecule has 0 aromatic carbocycles. The molecule has 1 rings (SSSR count). The molecule has 0 aromatic heterocycles. The van der Waals surface area contributed by atoms with Gasteiger partial charge in [0.2, 0.25) is 0 Å². The van der Waals surface area contributed by atoms with Crippen LogP contribution in [0.25, 0.3) is 0 Å². The summed E-state index contributed by atoms with van der Waals surface area (Å²) < 4.78 is 10.9. The molecule has 1 nitrogen and oxygen atoms in total. The normalized spacial score (nSPS) is 28.9. The summed E-state index contributed by atoms with van der Waals surface area (Å²) in [5.41, 5.74) is 2.77. The molecule has 1 heterocycles. The van der Waals surface area contributed by atoms with Gasteiger partial charge in [0.25, 0.3) is 0 Å². The number of hydrogen-bond acceptors (Lipinski definition) is 1. The maximum absolute atomic E-state index is 10.9. The fraction of sp³-hybridized carbons (Fsp3) is 0.714. The van der Waals surface area contributed by atoms with Gasteiger partial charge < -0.3 is 0 Å². The lowest BCUT2D eigenvalue weighted by Crippen LogP contribution is -2.11. The Morgan fingerprint density at radius 2 is 2.00 bits per heavy atom. The summed E-state index contributed by atoms with van der Waals surface area (Å²) in [6.07, 6.45) is 1.04. The Hall–Kier alpha value is -0.110. The first-order valence-electron chi connectivity index (χ1n) is 3.20. The highest BCUT2D eigenvalue weighted by Crippen LogP contribution is 2.15. The molecular weight excluding hydrogens is 132 g/mol. The lowest BCUT2D eigenvalue weighted by molar-refractivity contribution is 0.681. The first kappa shape index (κ1) is 7.00. The van der Waals surface area contributed by atoms with Crippen molar-refractivity contribution in [3.63, 3.8) is 0 Å². The van der Waals surface area contributed by atoms with Crippen LogP contribution in [0.2, 0.25) is 0 Å². The molecule has 1 atom stereocenters. The van der Waals surface area contributed by atoms with E-state index in [1.54, 1.807) is 0 Å². The van der Waals surface area contributed by atoms with Gasteiger partial charge in [0.05, 0.1) is 0 Å². The minimum atomic E-state index is -0.549. The fourth-order valence-corrected chi connectivity index (χ4v) is 2.32. The van der Waals surface area contributed by atoms with Crippen molar-refractivity contribution in [2.75, 3.05) is 11.5 Å². The van der Waals surface area contributed by atoms with E-state index in [1.165, 1.54) is 11.1 Å². The molecule has 52 valence electrons. The van der Waals surface area contributed by atoms with Crippen molar-refractivity contribution < 1.29 is 4.21 Å². The molecule has 1 aliphatic rings. The fourth-order valence-electron chi connectivity index (χ4n) is 0.917. The van der Waals surface area contributed by atoms with Crippen LogP contribution < -0.4 is 0 Å². The molecule has 1 unspecified atom stereocenters. The zero-order chi connectivity index (χ0) is 6.85. The van der Waals surface area contributed by atoms with Crippen molar-refractivity contribution in [1.82, 2.24) is 0 Å². The van der Waals surface area contributed by atoms with Gasteiger partial charge in [-0.15, -0.1) is 0 Å². The zero-order valence-electron chi connectivity index (χ0n) is 5.94. The molecule has 1 aliphatic heterocycles. The largest absolute Gasteiger partial charge is 0.259 e. The van der Waals surface area contributed by atoms with Crippen LogP contribution in [0.15, 0.2) is 11.1 Å². The lowest BCUT2D eigenvalue weighted by atomic mass is 10.1. The van der Waals surface area contributed by atoms with E-state index in [9.17, 15) is 4.21 Å². The molecule has 0 saturated heterocycles. The van der Waals surface area contributed by atoms with E-state index in [2.05, 4.69) is 13.8 Å². The Kier molecular flexibility index (Phi) is 2.06. The Morgan fingerprint density at radius 1 is 1.33 bits per heavy atom. The van der Waals surface area contributed by atoms with Crippen LogP contribution in [0.1, 0.15) is 20.3 Å². The maximum atomic E-state index is 10.9. The maximum Gasteiger partial charge on any atom is 0.0444 e. The molecule has 0 N–H and O–H groups in total. The van der Waals surface area contributed by atoms with E-state index >= 15 is 0 Å². The predicted octanol–water partition coefficient (Wildman–Crippen LogP) is 1.48. The number of hydrogen-bond donors (Lipinski definition) is 0. The minimum Gasteiger partial charge on any atom is -0.259 e. The third-order valence-corrected chi connectivity index (χ3v) is 3.23. The van der Waals surface area contributed by atoms with Gasteiger partial charge in [-0.1, -0.05) is 11.1 Å². The second-order valence-corrected chi connectivity index (χ2v) is 4.18.